The third-order valence-corrected chi connectivity index (χ3v) is 4.73. The van der Waals surface area contributed by atoms with Crippen LogP contribution in [-0.4, -0.2) is 37.2 Å². The number of rotatable bonds is 7. The van der Waals surface area contributed by atoms with Gasteiger partial charge < -0.3 is 19.5 Å². The molecule has 0 atom stereocenters. The van der Waals surface area contributed by atoms with Gasteiger partial charge in [-0.3, -0.25) is 4.79 Å². The molecule has 0 bridgehead atoms. The van der Waals surface area contributed by atoms with E-state index in [1.807, 2.05) is 13.8 Å². The quantitative estimate of drug-likeness (QED) is 0.692. The highest BCUT2D eigenvalue weighted by Crippen LogP contribution is 2.37. The second kappa shape index (κ2) is 9.65. The molecule has 1 N–H and O–H groups in total. The number of carbonyl (C=O) groups is 2. The monoisotopic (exact) mass is 408 g/mol. The number of nitrogens with zero attached hydrogens (tertiary/aromatic N) is 1. The lowest BCUT2D eigenvalue weighted by atomic mass is 9.83. The summed E-state index contributed by atoms with van der Waals surface area (Å²) in [4.78, 5) is 24.5. The SMILES string of the molecule is COc1cc(C(=O)OCC(=O)NC2(C#N)CCCCC2)cc(Cl)c1OC(C)C. The highest BCUT2D eigenvalue weighted by Gasteiger charge is 2.33. The van der Waals surface area contributed by atoms with Crippen LogP contribution in [0.15, 0.2) is 12.1 Å². The third-order valence-electron chi connectivity index (χ3n) is 4.45. The molecule has 28 heavy (non-hydrogen) atoms. The lowest BCUT2D eigenvalue weighted by molar-refractivity contribution is -0.125. The third kappa shape index (κ3) is 5.52. The average molecular weight is 409 g/mol. The van der Waals surface area contributed by atoms with Gasteiger partial charge in [0.05, 0.1) is 29.9 Å². The molecule has 1 aliphatic carbocycles. The summed E-state index contributed by atoms with van der Waals surface area (Å²) < 4.78 is 15.9. The largest absolute Gasteiger partial charge is 0.493 e. The van der Waals surface area contributed by atoms with Gasteiger partial charge in [-0.25, -0.2) is 4.79 Å². The van der Waals surface area contributed by atoms with Crippen molar-refractivity contribution in [3.05, 3.63) is 22.7 Å². The molecule has 0 spiro atoms. The molecule has 1 aromatic carbocycles. The van der Waals surface area contributed by atoms with E-state index in [-0.39, 0.29) is 16.7 Å². The van der Waals surface area contributed by atoms with Crippen molar-refractivity contribution in [3.63, 3.8) is 0 Å². The van der Waals surface area contributed by atoms with Crippen LogP contribution in [0.4, 0.5) is 0 Å². The second-order valence-corrected chi connectivity index (χ2v) is 7.44. The highest BCUT2D eigenvalue weighted by molar-refractivity contribution is 6.32. The Labute approximate surface area is 169 Å². The molecule has 7 nitrogen and oxygen atoms in total. The van der Waals surface area contributed by atoms with E-state index in [2.05, 4.69) is 11.4 Å². The van der Waals surface area contributed by atoms with Crippen LogP contribution >= 0.6 is 11.6 Å². The molecule has 0 heterocycles. The molecule has 1 fully saturated rings. The predicted octanol–water partition coefficient (Wildman–Crippen LogP) is 3.64. The predicted molar refractivity (Wildman–Crippen MR) is 104 cm³/mol. The maximum atomic E-state index is 12.3. The van der Waals surface area contributed by atoms with E-state index in [1.165, 1.54) is 19.2 Å². The number of carbonyl (C=O) groups excluding carboxylic acids is 2. The lowest BCUT2D eigenvalue weighted by Crippen LogP contribution is -2.50. The molecule has 152 valence electrons. The van der Waals surface area contributed by atoms with E-state index in [9.17, 15) is 14.9 Å². The fraction of sp³-hybridized carbons (Fsp3) is 0.550. The van der Waals surface area contributed by atoms with Gasteiger partial charge in [0.15, 0.2) is 18.1 Å². The van der Waals surface area contributed by atoms with Crippen molar-refractivity contribution in [2.24, 2.45) is 0 Å². The van der Waals surface area contributed by atoms with Crippen LogP contribution in [-0.2, 0) is 9.53 Å². The Kier molecular flexibility index (Phi) is 7.53. The molecule has 2 rings (SSSR count). The number of esters is 1. The lowest BCUT2D eigenvalue weighted by Gasteiger charge is -2.31. The molecule has 0 unspecified atom stereocenters. The summed E-state index contributed by atoms with van der Waals surface area (Å²) in [7, 11) is 1.44. The molecule has 1 saturated carbocycles. The fourth-order valence-corrected chi connectivity index (χ4v) is 3.38. The Morgan fingerprint density at radius 3 is 2.54 bits per heavy atom. The number of amides is 1. The molecule has 0 aliphatic heterocycles. The zero-order chi connectivity index (χ0) is 20.7. The van der Waals surface area contributed by atoms with Crippen LogP contribution in [0, 0.1) is 11.3 Å². The van der Waals surface area contributed by atoms with Crippen LogP contribution < -0.4 is 14.8 Å². The Balaban J connectivity index is 2.01. The van der Waals surface area contributed by atoms with Gasteiger partial charge in [-0.2, -0.15) is 5.26 Å². The van der Waals surface area contributed by atoms with Crippen LogP contribution in [0.5, 0.6) is 11.5 Å². The minimum Gasteiger partial charge on any atom is -0.493 e. The van der Waals surface area contributed by atoms with Gasteiger partial charge in [-0.05, 0) is 38.8 Å². The molecule has 1 aliphatic rings. The summed E-state index contributed by atoms with van der Waals surface area (Å²) in [5, 5.41) is 12.3. The minimum absolute atomic E-state index is 0.125. The number of benzene rings is 1. The van der Waals surface area contributed by atoms with Gasteiger partial charge in [0.2, 0.25) is 0 Å². The summed E-state index contributed by atoms with van der Waals surface area (Å²) in [6, 6.07) is 5.04. The van der Waals surface area contributed by atoms with Gasteiger partial charge in [0, 0.05) is 0 Å². The molecule has 0 saturated heterocycles. The number of ether oxygens (including phenoxy) is 3. The number of nitrogens with one attached hydrogen (secondary N) is 1. The molecular formula is C20H25ClN2O5. The molecule has 8 heteroatoms. The average Bonchev–Trinajstić information content (AvgIpc) is 2.67. The van der Waals surface area contributed by atoms with Crippen molar-refractivity contribution in [2.45, 2.75) is 57.6 Å². The van der Waals surface area contributed by atoms with E-state index >= 15 is 0 Å². The van der Waals surface area contributed by atoms with Crippen molar-refractivity contribution in [1.82, 2.24) is 5.32 Å². The summed E-state index contributed by atoms with van der Waals surface area (Å²) in [5.74, 6) is -0.597. The van der Waals surface area contributed by atoms with Gasteiger partial charge in [-0.15, -0.1) is 0 Å². The molecule has 1 aromatic rings. The van der Waals surface area contributed by atoms with Gasteiger partial charge in [0.1, 0.15) is 5.54 Å². The standard InChI is InChI=1S/C20H25ClN2O5/c1-13(2)28-18-15(21)9-14(10-16(18)26-3)19(25)27-11-17(24)23-20(12-22)7-5-4-6-8-20/h9-10,13H,4-8,11H2,1-3H3,(H,23,24). The van der Waals surface area contributed by atoms with E-state index in [0.717, 1.165) is 19.3 Å². The second-order valence-electron chi connectivity index (χ2n) is 7.03. The summed E-state index contributed by atoms with van der Waals surface area (Å²) in [5.41, 5.74) is -0.734. The van der Waals surface area contributed by atoms with Crippen LogP contribution in [0.25, 0.3) is 0 Å². The number of methoxy groups -OCH3 is 1. The Bertz CT molecular complexity index is 767. The zero-order valence-corrected chi connectivity index (χ0v) is 17.1. The van der Waals surface area contributed by atoms with E-state index in [0.29, 0.717) is 24.3 Å². The number of halogens is 1. The Morgan fingerprint density at radius 2 is 1.96 bits per heavy atom. The number of hydrogen-bond donors (Lipinski definition) is 1. The molecule has 0 aromatic heterocycles. The van der Waals surface area contributed by atoms with Crippen LogP contribution in [0.1, 0.15) is 56.3 Å². The maximum absolute atomic E-state index is 12.3. The Hall–Kier alpha value is -2.46. The van der Waals surface area contributed by atoms with Crippen molar-refractivity contribution < 1.29 is 23.8 Å². The summed E-state index contributed by atoms with van der Waals surface area (Å²) in [6.07, 6.45) is 3.90. The van der Waals surface area contributed by atoms with E-state index in [1.54, 1.807) is 0 Å². The van der Waals surface area contributed by atoms with Gasteiger partial charge >= 0.3 is 5.97 Å². The van der Waals surface area contributed by atoms with Crippen molar-refractivity contribution in [3.8, 4) is 17.6 Å². The minimum atomic E-state index is -0.871. The molecule has 0 radical (unpaired) electrons. The van der Waals surface area contributed by atoms with Crippen molar-refractivity contribution in [2.75, 3.05) is 13.7 Å². The highest BCUT2D eigenvalue weighted by atomic mass is 35.5. The normalized spacial score (nSPS) is 15.4. The van der Waals surface area contributed by atoms with Crippen molar-refractivity contribution in [1.29, 1.82) is 5.26 Å². The number of nitriles is 1. The first kappa shape index (κ1) is 21.8. The van der Waals surface area contributed by atoms with Gasteiger partial charge in [-0.1, -0.05) is 30.9 Å². The first-order chi connectivity index (χ1) is 13.3. The van der Waals surface area contributed by atoms with Crippen LogP contribution in [0.2, 0.25) is 5.02 Å². The van der Waals surface area contributed by atoms with E-state index in [4.69, 9.17) is 25.8 Å². The molecule has 1 amide bonds. The zero-order valence-electron chi connectivity index (χ0n) is 16.3. The van der Waals surface area contributed by atoms with Crippen molar-refractivity contribution >= 4 is 23.5 Å². The number of hydrogen-bond acceptors (Lipinski definition) is 6. The van der Waals surface area contributed by atoms with Gasteiger partial charge in [0.25, 0.3) is 5.91 Å². The first-order valence-electron chi connectivity index (χ1n) is 9.24. The topological polar surface area (TPSA) is 97.6 Å². The molecular weight excluding hydrogens is 384 g/mol. The summed E-state index contributed by atoms with van der Waals surface area (Å²) in [6.45, 7) is 3.21. The summed E-state index contributed by atoms with van der Waals surface area (Å²) >= 11 is 6.20. The van der Waals surface area contributed by atoms with Crippen LogP contribution in [0.3, 0.4) is 0 Å². The maximum Gasteiger partial charge on any atom is 0.338 e. The Morgan fingerprint density at radius 1 is 1.29 bits per heavy atom. The fourth-order valence-electron chi connectivity index (χ4n) is 3.13. The van der Waals surface area contributed by atoms with E-state index < -0.39 is 24.0 Å². The first-order valence-corrected chi connectivity index (χ1v) is 9.61. The smallest absolute Gasteiger partial charge is 0.338 e.